The number of carbonyl (C=O) groups is 3. The van der Waals surface area contributed by atoms with Crippen molar-refractivity contribution in [1.82, 2.24) is 9.80 Å². The molecule has 0 aromatic heterocycles. The first-order valence-electron chi connectivity index (χ1n) is 5.42. The van der Waals surface area contributed by atoms with Gasteiger partial charge >= 0.3 is 0 Å². The topological polar surface area (TPSA) is 57.7 Å². The van der Waals surface area contributed by atoms with Crippen molar-refractivity contribution in [3.63, 3.8) is 0 Å². The largest absolute Gasteiger partial charge is 0.331 e. The van der Waals surface area contributed by atoms with Crippen molar-refractivity contribution >= 4 is 40.6 Å². The lowest BCUT2D eigenvalue weighted by molar-refractivity contribution is -0.153. The number of amides is 3. The fraction of sp³-hybridized carbons (Fsp3) is 0.700. The molecular weight excluding hydrogens is 260 g/mol. The van der Waals surface area contributed by atoms with E-state index in [0.717, 1.165) is 22.4 Å². The maximum atomic E-state index is 12.2. The molecule has 0 bridgehead atoms. The van der Waals surface area contributed by atoms with Crippen LogP contribution in [0.2, 0.25) is 0 Å². The van der Waals surface area contributed by atoms with E-state index < -0.39 is 12.1 Å². The highest BCUT2D eigenvalue weighted by atomic mass is 32.2. The number of carbonyl (C=O) groups excluding carboxylic acids is 3. The molecule has 2 unspecified atom stereocenters. The molecule has 2 rings (SSSR count). The number of hydrogen-bond donors (Lipinski definition) is 0. The van der Waals surface area contributed by atoms with Crippen LogP contribution < -0.4 is 0 Å². The molecule has 17 heavy (non-hydrogen) atoms. The van der Waals surface area contributed by atoms with Gasteiger partial charge in [0, 0.05) is 18.6 Å². The number of fused-ring (bicyclic) bond motifs is 1. The highest BCUT2D eigenvalue weighted by molar-refractivity contribution is 8.14. The predicted octanol–water partition coefficient (Wildman–Crippen LogP) is 0.644. The third-order valence-electron chi connectivity index (χ3n) is 2.98. The molecule has 2 fully saturated rings. The first kappa shape index (κ1) is 12.8. The molecule has 2 aliphatic heterocycles. The van der Waals surface area contributed by atoms with Crippen molar-refractivity contribution in [2.24, 2.45) is 0 Å². The average Bonchev–Trinajstić information content (AvgIpc) is 2.69. The van der Waals surface area contributed by atoms with Gasteiger partial charge in [-0.2, -0.15) is 11.8 Å². The van der Waals surface area contributed by atoms with Crippen molar-refractivity contribution in [2.75, 3.05) is 24.3 Å². The molecule has 0 aliphatic carbocycles. The Labute approximate surface area is 108 Å². The maximum absolute atomic E-state index is 12.2. The van der Waals surface area contributed by atoms with Crippen LogP contribution >= 0.6 is 23.5 Å². The van der Waals surface area contributed by atoms with E-state index >= 15 is 0 Å². The van der Waals surface area contributed by atoms with Gasteiger partial charge in [-0.25, -0.2) is 0 Å². The van der Waals surface area contributed by atoms with E-state index in [-0.39, 0.29) is 17.1 Å². The van der Waals surface area contributed by atoms with Crippen LogP contribution in [-0.2, 0) is 9.59 Å². The summed E-state index contributed by atoms with van der Waals surface area (Å²) in [6.45, 7) is 2.00. The molecule has 2 aliphatic rings. The molecule has 94 valence electrons. The number of nitrogens with zero attached hydrogens (tertiary/aromatic N) is 2. The Hall–Kier alpha value is -0.690. The summed E-state index contributed by atoms with van der Waals surface area (Å²) < 4.78 is 0. The molecule has 0 radical (unpaired) electrons. The number of likely N-dealkylation sites (N-methyl/N-ethyl adjacent to an activating group) is 1. The van der Waals surface area contributed by atoms with E-state index in [2.05, 4.69) is 0 Å². The van der Waals surface area contributed by atoms with E-state index in [0.29, 0.717) is 11.5 Å². The van der Waals surface area contributed by atoms with Gasteiger partial charge in [-0.1, -0.05) is 18.7 Å². The van der Waals surface area contributed by atoms with Gasteiger partial charge in [0.1, 0.15) is 12.1 Å². The number of thioether (sulfide) groups is 2. The van der Waals surface area contributed by atoms with Crippen molar-refractivity contribution in [1.29, 1.82) is 0 Å². The Morgan fingerprint density at radius 2 is 2.06 bits per heavy atom. The highest BCUT2D eigenvalue weighted by Gasteiger charge is 2.50. The first-order chi connectivity index (χ1) is 8.07. The third kappa shape index (κ3) is 2.06. The Morgan fingerprint density at radius 1 is 1.35 bits per heavy atom. The van der Waals surface area contributed by atoms with E-state index in [1.165, 1.54) is 4.90 Å². The smallest absolute Gasteiger partial charge is 0.289 e. The molecule has 7 heteroatoms. The third-order valence-corrected chi connectivity index (χ3v) is 4.86. The molecule has 0 saturated carbocycles. The van der Waals surface area contributed by atoms with Gasteiger partial charge in [-0.05, 0) is 5.75 Å². The molecule has 0 spiro atoms. The highest BCUT2D eigenvalue weighted by Crippen LogP contribution is 2.31. The summed E-state index contributed by atoms with van der Waals surface area (Å²) in [5, 5.41) is -0.284. The molecule has 5 nitrogen and oxygen atoms in total. The van der Waals surface area contributed by atoms with Crippen LogP contribution in [0.3, 0.4) is 0 Å². The van der Waals surface area contributed by atoms with Gasteiger partial charge in [0.25, 0.3) is 11.1 Å². The van der Waals surface area contributed by atoms with Crippen molar-refractivity contribution in [2.45, 2.75) is 19.0 Å². The minimum Gasteiger partial charge on any atom is -0.331 e. The Kier molecular flexibility index (Phi) is 3.67. The molecule has 0 aromatic carbocycles. The lowest BCUT2D eigenvalue weighted by Gasteiger charge is -2.38. The second kappa shape index (κ2) is 4.89. The Balaban J connectivity index is 2.21. The molecule has 2 heterocycles. The van der Waals surface area contributed by atoms with E-state index in [9.17, 15) is 14.4 Å². The molecule has 2 atom stereocenters. The van der Waals surface area contributed by atoms with E-state index in [4.69, 9.17) is 0 Å². The van der Waals surface area contributed by atoms with Crippen LogP contribution in [0.25, 0.3) is 0 Å². The summed E-state index contributed by atoms with van der Waals surface area (Å²) in [5.74, 6) is 1.48. The first-order valence-corrected chi connectivity index (χ1v) is 7.56. The Morgan fingerprint density at radius 3 is 2.71 bits per heavy atom. The van der Waals surface area contributed by atoms with Crippen LogP contribution in [0.1, 0.15) is 6.92 Å². The fourth-order valence-electron chi connectivity index (χ4n) is 1.97. The monoisotopic (exact) mass is 274 g/mol. The lowest BCUT2D eigenvalue weighted by Crippen LogP contribution is -2.63. The minimum atomic E-state index is -0.576. The number of piperazine rings is 1. The quantitative estimate of drug-likeness (QED) is 0.756. The second-order valence-corrected chi connectivity index (χ2v) is 6.22. The van der Waals surface area contributed by atoms with E-state index in [1.54, 1.807) is 18.8 Å². The average molecular weight is 274 g/mol. The molecule has 0 N–H and O–H groups in total. The summed E-state index contributed by atoms with van der Waals surface area (Å²) >= 11 is 2.65. The summed E-state index contributed by atoms with van der Waals surface area (Å²) in [6, 6.07) is -1.07. The number of imide groups is 1. The SMILES string of the molecule is CCSCC1C(=O)N2C(=O)SCC2C(=O)N1C. The van der Waals surface area contributed by atoms with Crippen LogP contribution in [-0.4, -0.2) is 63.2 Å². The van der Waals surface area contributed by atoms with Crippen LogP contribution in [0.4, 0.5) is 4.79 Å². The predicted molar refractivity (Wildman–Crippen MR) is 68.0 cm³/mol. The van der Waals surface area contributed by atoms with E-state index in [1.807, 2.05) is 6.92 Å². The summed E-state index contributed by atoms with van der Waals surface area (Å²) in [5.41, 5.74) is 0. The zero-order valence-electron chi connectivity index (χ0n) is 9.71. The van der Waals surface area contributed by atoms with Crippen molar-refractivity contribution < 1.29 is 14.4 Å². The number of rotatable bonds is 3. The zero-order chi connectivity index (χ0) is 12.6. The fourth-order valence-corrected chi connectivity index (χ4v) is 3.75. The van der Waals surface area contributed by atoms with Crippen LogP contribution in [0.15, 0.2) is 0 Å². The van der Waals surface area contributed by atoms with Gasteiger partial charge in [0.15, 0.2) is 0 Å². The zero-order valence-corrected chi connectivity index (χ0v) is 11.3. The molecular formula is C10H14N2O3S2. The minimum absolute atomic E-state index is 0.121. The van der Waals surface area contributed by atoms with Gasteiger partial charge in [-0.3, -0.25) is 19.3 Å². The summed E-state index contributed by atoms with van der Waals surface area (Å²) in [4.78, 5) is 38.4. The van der Waals surface area contributed by atoms with Gasteiger partial charge in [-0.15, -0.1) is 0 Å². The van der Waals surface area contributed by atoms with Gasteiger partial charge in [0.05, 0.1) is 0 Å². The summed E-state index contributed by atoms with van der Waals surface area (Å²) in [7, 11) is 1.64. The Bertz CT molecular complexity index is 375. The van der Waals surface area contributed by atoms with Gasteiger partial charge < -0.3 is 4.90 Å². The normalized spacial score (nSPS) is 28.9. The lowest BCUT2D eigenvalue weighted by atomic mass is 10.1. The van der Waals surface area contributed by atoms with Crippen molar-refractivity contribution in [3.05, 3.63) is 0 Å². The van der Waals surface area contributed by atoms with Gasteiger partial charge in [0.2, 0.25) is 5.91 Å². The molecule has 3 amide bonds. The standard InChI is InChI=1S/C10H14N2O3S2/c1-3-16-4-6-9(14)12-7(5-17-10(12)15)8(13)11(6)2/h6-7H,3-5H2,1-2H3. The van der Waals surface area contributed by atoms with Crippen LogP contribution in [0, 0.1) is 0 Å². The number of hydrogen-bond acceptors (Lipinski definition) is 5. The maximum Gasteiger partial charge on any atom is 0.289 e. The second-order valence-electron chi connectivity index (χ2n) is 3.93. The summed E-state index contributed by atoms with van der Waals surface area (Å²) in [6.07, 6.45) is 0. The van der Waals surface area contributed by atoms with Crippen molar-refractivity contribution in [3.8, 4) is 0 Å². The molecule has 2 saturated heterocycles. The molecule has 0 aromatic rings. The van der Waals surface area contributed by atoms with Crippen LogP contribution in [0.5, 0.6) is 0 Å².